The summed E-state index contributed by atoms with van der Waals surface area (Å²) in [6.07, 6.45) is 0.687. The Morgan fingerprint density at radius 1 is 1.26 bits per heavy atom. The molecule has 0 aliphatic heterocycles. The molecule has 1 aromatic carbocycles. The van der Waals surface area contributed by atoms with E-state index in [4.69, 9.17) is 11.5 Å². The second-order valence-electron chi connectivity index (χ2n) is 7.10. The molecule has 0 spiro atoms. The van der Waals surface area contributed by atoms with Gasteiger partial charge in [0.25, 0.3) is 6.43 Å². The number of aliphatic hydroxyl groups excluding tert-OH is 1. The minimum atomic E-state index is -2.60. The van der Waals surface area contributed by atoms with Crippen LogP contribution in [0.5, 0.6) is 0 Å². The van der Waals surface area contributed by atoms with Gasteiger partial charge >= 0.3 is 0 Å². The summed E-state index contributed by atoms with van der Waals surface area (Å²) < 4.78 is 27.0. The van der Waals surface area contributed by atoms with E-state index in [1.165, 1.54) is 12.3 Å². The Bertz CT molecular complexity index is 877. The first-order chi connectivity index (χ1) is 14.9. The number of aromatic nitrogens is 2. The smallest absolute Gasteiger partial charge is 0.264 e. The zero-order chi connectivity index (χ0) is 22.8. The molecule has 0 atom stereocenters. The number of unbranched alkanes of at least 4 members (excludes halogenated alkanes) is 1. The summed E-state index contributed by atoms with van der Waals surface area (Å²) in [6, 6.07) is 4.94. The number of aliphatic imine (C=N–C) groups is 1. The predicted octanol–water partition coefficient (Wildman–Crippen LogP) is 2.52. The molecule has 10 heteroatoms. The van der Waals surface area contributed by atoms with Gasteiger partial charge in [-0.3, -0.25) is 4.99 Å². The molecule has 1 heterocycles. The number of halogens is 2. The maximum atomic E-state index is 13.5. The molecule has 0 saturated carbocycles. The molecule has 0 aliphatic rings. The molecule has 1 aromatic heterocycles. The summed E-state index contributed by atoms with van der Waals surface area (Å²) in [5.74, 6) is 0.455. The fraction of sp³-hybridized carbons (Fsp3) is 0.476. The van der Waals surface area contributed by atoms with Gasteiger partial charge in [0.1, 0.15) is 11.4 Å². The van der Waals surface area contributed by atoms with E-state index in [2.05, 4.69) is 27.2 Å². The molecule has 0 bridgehead atoms. The first-order valence-electron chi connectivity index (χ1n) is 10.2. The van der Waals surface area contributed by atoms with Crippen molar-refractivity contribution in [2.24, 2.45) is 4.99 Å². The van der Waals surface area contributed by atoms with Crippen LogP contribution >= 0.6 is 0 Å². The summed E-state index contributed by atoms with van der Waals surface area (Å²) in [6.45, 7) is 3.57. The van der Waals surface area contributed by atoms with Crippen molar-refractivity contribution in [3.63, 3.8) is 0 Å². The fourth-order valence-corrected chi connectivity index (χ4v) is 3.16. The van der Waals surface area contributed by atoms with Gasteiger partial charge in [0, 0.05) is 31.4 Å². The van der Waals surface area contributed by atoms with Crippen molar-refractivity contribution in [2.45, 2.75) is 39.3 Å². The molecular weight excluding hydrogens is 404 g/mol. The third kappa shape index (κ3) is 6.83. The summed E-state index contributed by atoms with van der Waals surface area (Å²) in [4.78, 5) is 14.5. The molecule has 0 saturated heterocycles. The van der Waals surface area contributed by atoms with Crippen LogP contribution in [0.15, 0.2) is 23.2 Å². The Balaban J connectivity index is 2.27. The van der Waals surface area contributed by atoms with Crippen LogP contribution in [0.25, 0.3) is 0 Å². The molecule has 6 N–H and O–H groups in total. The van der Waals surface area contributed by atoms with E-state index >= 15 is 0 Å². The van der Waals surface area contributed by atoms with Crippen molar-refractivity contribution in [1.29, 1.82) is 0 Å². The Labute approximate surface area is 181 Å². The number of anilines is 3. The van der Waals surface area contributed by atoms with E-state index in [1.807, 2.05) is 4.90 Å². The highest BCUT2D eigenvalue weighted by Crippen LogP contribution is 2.26. The largest absolute Gasteiger partial charge is 0.395 e. The number of nitrogens with two attached hydrogens (primary N) is 2. The minimum Gasteiger partial charge on any atom is -0.395 e. The van der Waals surface area contributed by atoms with Gasteiger partial charge in [0.15, 0.2) is 5.82 Å². The normalized spacial score (nSPS) is 11.5. The number of benzene rings is 1. The lowest BCUT2D eigenvalue weighted by molar-refractivity contribution is 0.150. The van der Waals surface area contributed by atoms with E-state index in [-0.39, 0.29) is 30.4 Å². The van der Waals surface area contributed by atoms with Crippen LogP contribution in [-0.4, -0.2) is 48.0 Å². The highest BCUT2D eigenvalue weighted by atomic mass is 19.3. The molecule has 31 heavy (non-hydrogen) atoms. The van der Waals surface area contributed by atoms with Crippen molar-refractivity contribution in [3.05, 3.63) is 40.6 Å². The molecule has 8 nitrogen and oxygen atoms in total. The fourth-order valence-electron chi connectivity index (χ4n) is 3.16. The second-order valence-corrected chi connectivity index (χ2v) is 7.10. The first-order valence-corrected chi connectivity index (χ1v) is 10.2. The van der Waals surface area contributed by atoms with Gasteiger partial charge in [-0.25, -0.2) is 13.8 Å². The Morgan fingerprint density at radius 2 is 2.03 bits per heavy atom. The SMILES string of the molecule is CCCCN(CCO)c1nc(N)nc(C=NCc2ccc(CNC)cc2C(F)F)c1N. The summed E-state index contributed by atoms with van der Waals surface area (Å²) in [5.41, 5.74) is 13.8. The number of nitrogens with one attached hydrogen (secondary N) is 1. The molecule has 170 valence electrons. The quantitative estimate of drug-likeness (QED) is 0.377. The Morgan fingerprint density at radius 3 is 2.68 bits per heavy atom. The lowest BCUT2D eigenvalue weighted by Crippen LogP contribution is -2.30. The van der Waals surface area contributed by atoms with Crippen molar-refractivity contribution < 1.29 is 13.9 Å². The number of rotatable bonds is 12. The third-order valence-electron chi connectivity index (χ3n) is 4.72. The van der Waals surface area contributed by atoms with Crippen LogP contribution in [0, 0.1) is 0 Å². The van der Waals surface area contributed by atoms with Gasteiger partial charge in [-0.1, -0.05) is 25.5 Å². The Hall–Kier alpha value is -2.85. The van der Waals surface area contributed by atoms with E-state index < -0.39 is 6.43 Å². The van der Waals surface area contributed by atoms with Crippen LogP contribution < -0.4 is 21.7 Å². The number of nitrogen functional groups attached to an aromatic ring is 2. The summed E-state index contributed by atoms with van der Waals surface area (Å²) in [5, 5.41) is 12.3. The molecule has 0 amide bonds. The lowest BCUT2D eigenvalue weighted by Gasteiger charge is -2.24. The highest BCUT2D eigenvalue weighted by molar-refractivity contribution is 5.89. The van der Waals surface area contributed by atoms with Crippen LogP contribution in [-0.2, 0) is 13.1 Å². The van der Waals surface area contributed by atoms with Crippen molar-refractivity contribution in [2.75, 3.05) is 43.1 Å². The summed E-state index contributed by atoms with van der Waals surface area (Å²) in [7, 11) is 1.76. The Kier molecular flexibility index (Phi) is 9.54. The van der Waals surface area contributed by atoms with Crippen LogP contribution in [0.4, 0.5) is 26.2 Å². The van der Waals surface area contributed by atoms with Crippen LogP contribution in [0.1, 0.15) is 48.6 Å². The van der Waals surface area contributed by atoms with E-state index in [0.717, 1.165) is 18.4 Å². The number of alkyl halides is 2. The van der Waals surface area contributed by atoms with E-state index in [1.54, 1.807) is 19.2 Å². The number of nitrogens with zero attached hydrogens (tertiary/aromatic N) is 4. The zero-order valence-corrected chi connectivity index (χ0v) is 18.0. The monoisotopic (exact) mass is 435 g/mol. The van der Waals surface area contributed by atoms with Crippen molar-refractivity contribution in [3.8, 4) is 0 Å². The molecule has 0 aliphatic carbocycles. The third-order valence-corrected chi connectivity index (χ3v) is 4.72. The van der Waals surface area contributed by atoms with Crippen molar-refractivity contribution in [1.82, 2.24) is 15.3 Å². The van der Waals surface area contributed by atoms with Crippen LogP contribution in [0.3, 0.4) is 0 Å². The van der Waals surface area contributed by atoms with Gasteiger partial charge in [-0.05, 0) is 30.7 Å². The van der Waals surface area contributed by atoms with E-state index in [9.17, 15) is 13.9 Å². The predicted molar refractivity (Wildman–Crippen MR) is 121 cm³/mol. The second kappa shape index (κ2) is 12.1. The van der Waals surface area contributed by atoms with Crippen molar-refractivity contribution >= 4 is 23.7 Å². The topological polar surface area (TPSA) is 126 Å². The maximum Gasteiger partial charge on any atom is 0.264 e. The molecule has 2 aromatic rings. The van der Waals surface area contributed by atoms with Gasteiger partial charge < -0.3 is 26.8 Å². The standard InChI is InChI=1S/C21H31F2N7O/c1-3-4-7-30(8-9-31)20-18(24)17(28-21(25)29-20)13-27-12-15-6-5-14(11-26-2)10-16(15)19(22)23/h5-6,10,13,19,26,31H,3-4,7-9,11-12,24H2,1-2H3,(H2,25,28,29). The summed E-state index contributed by atoms with van der Waals surface area (Å²) >= 11 is 0. The van der Waals surface area contributed by atoms with E-state index in [0.29, 0.717) is 36.7 Å². The van der Waals surface area contributed by atoms with Gasteiger partial charge in [0.05, 0.1) is 13.2 Å². The minimum absolute atomic E-state index is 0.0229. The molecule has 0 radical (unpaired) electrons. The zero-order valence-electron chi connectivity index (χ0n) is 18.0. The lowest BCUT2D eigenvalue weighted by atomic mass is 10.0. The first kappa shape index (κ1) is 24.4. The molecule has 0 fully saturated rings. The average molecular weight is 436 g/mol. The van der Waals surface area contributed by atoms with Crippen LogP contribution in [0.2, 0.25) is 0 Å². The number of hydrogen-bond acceptors (Lipinski definition) is 8. The van der Waals surface area contributed by atoms with Gasteiger partial charge in [-0.2, -0.15) is 4.98 Å². The van der Waals surface area contributed by atoms with Gasteiger partial charge in [-0.15, -0.1) is 0 Å². The molecule has 2 rings (SSSR count). The maximum absolute atomic E-state index is 13.5. The molecular formula is C21H31F2N7O. The highest BCUT2D eigenvalue weighted by Gasteiger charge is 2.16. The molecule has 0 unspecified atom stereocenters. The number of aliphatic hydroxyl groups is 1. The average Bonchev–Trinajstić information content (AvgIpc) is 2.74. The van der Waals surface area contributed by atoms with Gasteiger partial charge in [0.2, 0.25) is 5.95 Å². The number of hydrogen-bond donors (Lipinski definition) is 4.